The Bertz CT molecular complexity index is 598. The Labute approximate surface area is 150 Å². The van der Waals surface area contributed by atoms with Gasteiger partial charge in [-0.3, -0.25) is 9.69 Å². The maximum absolute atomic E-state index is 14.3. The van der Waals surface area contributed by atoms with Gasteiger partial charge in [0.1, 0.15) is 5.82 Å². The minimum atomic E-state index is -0.238. The summed E-state index contributed by atoms with van der Waals surface area (Å²) < 4.78 is 14.3. The molecule has 1 aliphatic heterocycles. The molecular formula is C20H30FN3O. The topological polar surface area (TPSA) is 35.6 Å². The second-order valence-corrected chi connectivity index (χ2v) is 7.89. The molecule has 1 aliphatic carbocycles. The van der Waals surface area contributed by atoms with E-state index in [4.69, 9.17) is 0 Å². The minimum absolute atomic E-state index is 0.0574. The van der Waals surface area contributed by atoms with Crippen molar-refractivity contribution in [3.63, 3.8) is 0 Å². The molecular weight excluding hydrogens is 317 g/mol. The summed E-state index contributed by atoms with van der Waals surface area (Å²) in [6.45, 7) is 2.89. The third-order valence-electron chi connectivity index (χ3n) is 5.97. The third-order valence-corrected chi connectivity index (χ3v) is 5.97. The van der Waals surface area contributed by atoms with Crippen molar-refractivity contribution in [2.24, 2.45) is 0 Å². The Hall–Kier alpha value is -1.46. The van der Waals surface area contributed by atoms with Crippen molar-refractivity contribution < 1.29 is 9.18 Å². The van der Waals surface area contributed by atoms with Crippen molar-refractivity contribution in [3.8, 4) is 0 Å². The van der Waals surface area contributed by atoms with E-state index in [9.17, 15) is 9.18 Å². The molecule has 0 radical (unpaired) electrons. The third kappa shape index (κ3) is 4.21. The van der Waals surface area contributed by atoms with Gasteiger partial charge in [0.05, 0.1) is 6.54 Å². The summed E-state index contributed by atoms with van der Waals surface area (Å²) in [6, 6.07) is 7.57. The lowest BCUT2D eigenvalue weighted by Gasteiger charge is -2.30. The van der Waals surface area contributed by atoms with Crippen LogP contribution in [0, 0.1) is 5.82 Å². The summed E-state index contributed by atoms with van der Waals surface area (Å²) in [5.41, 5.74) is 0.527. The van der Waals surface area contributed by atoms with Crippen molar-refractivity contribution in [3.05, 3.63) is 35.6 Å². The molecule has 2 aliphatic rings. The van der Waals surface area contributed by atoms with Gasteiger partial charge in [0, 0.05) is 31.1 Å². The summed E-state index contributed by atoms with van der Waals surface area (Å²) in [5, 5.41) is 3.10. The van der Waals surface area contributed by atoms with Crippen LogP contribution in [0.15, 0.2) is 24.3 Å². The number of likely N-dealkylation sites (N-methyl/N-ethyl adjacent to an activating group) is 1. The van der Waals surface area contributed by atoms with Crippen molar-refractivity contribution in [2.45, 2.75) is 43.6 Å². The lowest BCUT2D eigenvalue weighted by Crippen LogP contribution is -2.44. The van der Waals surface area contributed by atoms with Crippen LogP contribution in [0.25, 0.3) is 0 Å². The molecule has 0 spiro atoms. The predicted octanol–water partition coefficient (Wildman–Crippen LogP) is 2.39. The molecule has 3 rings (SSSR count). The molecule has 2 fully saturated rings. The van der Waals surface area contributed by atoms with Crippen LogP contribution in [-0.2, 0) is 10.2 Å². The molecule has 1 aromatic carbocycles. The van der Waals surface area contributed by atoms with Crippen LogP contribution < -0.4 is 5.32 Å². The smallest absolute Gasteiger partial charge is 0.234 e. The zero-order valence-corrected chi connectivity index (χ0v) is 15.4. The average Bonchev–Trinajstić information content (AvgIpc) is 3.23. The number of carbonyl (C=O) groups excluding carboxylic acids is 1. The van der Waals surface area contributed by atoms with Crippen LogP contribution in [0.4, 0.5) is 4.39 Å². The largest absolute Gasteiger partial charge is 0.354 e. The number of carbonyl (C=O) groups is 1. The molecule has 1 aromatic rings. The highest BCUT2D eigenvalue weighted by Gasteiger charge is 2.38. The van der Waals surface area contributed by atoms with Gasteiger partial charge in [-0.25, -0.2) is 4.39 Å². The van der Waals surface area contributed by atoms with Gasteiger partial charge >= 0.3 is 0 Å². The molecule has 25 heavy (non-hydrogen) atoms. The van der Waals surface area contributed by atoms with E-state index in [2.05, 4.69) is 29.2 Å². The maximum Gasteiger partial charge on any atom is 0.234 e. The Kier molecular flexibility index (Phi) is 5.74. The van der Waals surface area contributed by atoms with Crippen LogP contribution in [0.5, 0.6) is 0 Å². The summed E-state index contributed by atoms with van der Waals surface area (Å²) >= 11 is 0. The summed E-state index contributed by atoms with van der Waals surface area (Å²) in [7, 11) is 4.18. The SMILES string of the molecule is CN(C)[C@H]1CCN(CC(=O)NCC2(c3ccccc3F)CCCC2)C1. The zero-order valence-electron chi connectivity index (χ0n) is 15.4. The van der Waals surface area contributed by atoms with Crippen molar-refractivity contribution in [1.82, 2.24) is 15.1 Å². The maximum atomic E-state index is 14.3. The Morgan fingerprint density at radius 3 is 2.68 bits per heavy atom. The predicted molar refractivity (Wildman–Crippen MR) is 98.1 cm³/mol. The first kappa shape index (κ1) is 18.3. The molecule has 1 saturated carbocycles. The molecule has 1 heterocycles. The Morgan fingerprint density at radius 2 is 2.04 bits per heavy atom. The standard InChI is InChI=1S/C20H30FN3O/c1-23(2)16-9-12-24(13-16)14-19(25)22-15-20(10-5-6-11-20)17-7-3-4-8-18(17)21/h3-4,7-8,16H,5-6,9-15H2,1-2H3,(H,22,25)/t16-/m0/s1. The van der Waals surface area contributed by atoms with E-state index in [-0.39, 0.29) is 17.1 Å². The highest BCUT2D eigenvalue weighted by atomic mass is 19.1. The first-order valence-electron chi connectivity index (χ1n) is 9.41. The van der Waals surface area contributed by atoms with E-state index in [1.54, 1.807) is 6.07 Å². The number of halogens is 1. The number of hydrogen-bond acceptors (Lipinski definition) is 3. The molecule has 1 N–H and O–H groups in total. The van der Waals surface area contributed by atoms with Crippen molar-refractivity contribution in [2.75, 3.05) is 40.3 Å². The summed E-state index contributed by atoms with van der Waals surface area (Å²) in [4.78, 5) is 16.9. The van der Waals surface area contributed by atoms with Crippen molar-refractivity contribution >= 4 is 5.91 Å². The van der Waals surface area contributed by atoms with E-state index in [1.807, 2.05) is 12.1 Å². The Morgan fingerprint density at radius 1 is 1.32 bits per heavy atom. The van der Waals surface area contributed by atoms with Gasteiger partial charge in [0.15, 0.2) is 0 Å². The lowest BCUT2D eigenvalue weighted by molar-refractivity contribution is -0.122. The first-order chi connectivity index (χ1) is 12.0. The molecule has 0 unspecified atom stereocenters. The van der Waals surface area contributed by atoms with Gasteiger partial charge in [0.25, 0.3) is 0 Å². The highest BCUT2D eigenvalue weighted by Crippen LogP contribution is 2.41. The fourth-order valence-corrected chi connectivity index (χ4v) is 4.39. The minimum Gasteiger partial charge on any atom is -0.354 e. The summed E-state index contributed by atoms with van der Waals surface area (Å²) in [6.07, 6.45) is 5.20. The fraction of sp³-hybridized carbons (Fsp3) is 0.650. The lowest BCUT2D eigenvalue weighted by atomic mass is 9.78. The van der Waals surface area contributed by atoms with Crippen LogP contribution in [0.3, 0.4) is 0 Å². The van der Waals surface area contributed by atoms with Crippen LogP contribution in [0.2, 0.25) is 0 Å². The Balaban J connectivity index is 1.57. The number of nitrogens with zero attached hydrogens (tertiary/aromatic N) is 2. The highest BCUT2D eigenvalue weighted by molar-refractivity contribution is 5.78. The number of likely N-dealkylation sites (tertiary alicyclic amines) is 1. The van der Waals surface area contributed by atoms with E-state index >= 15 is 0 Å². The van der Waals surface area contributed by atoms with Gasteiger partial charge in [-0.1, -0.05) is 31.0 Å². The van der Waals surface area contributed by atoms with Crippen LogP contribution in [0.1, 0.15) is 37.7 Å². The monoisotopic (exact) mass is 347 g/mol. The van der Waals surface area contributed by atoms with E-state index in [1.165, 1.54) is 6.07 Å². The van der Waals surface area contributed by atoms with Gasteiger partial charge < -0.3 is 10.2 Å². The molecule has 1 atom stereocenters. The average molecular weight is 347 g/mol. The van der Waals surface area contributed by atoms with Crippen LogP contribution in [-0.4, -0.2) is 62.0 Å². The number of rotatable bonds is 6. The molecule has 5 heteroatoms. The van der Waals surface area contributed by atoms with E-state index in [0.29, 0.717) is 19.1 Å². The van der Waals surface area contributed by atoms with E-state index < -0.39 is 0 Å². The normalized spacial score (nSPS) is 23.3. The number of amides is 1. The van der Waals surface area contributed by atoms with E-state index in [0.717, 1.165) is 50.8 Å². The second-order valence-electron chi connectivity index (χ2n) is 7.89. The van der Waals surface area contributed by atoms with Gasteiger partial charge in [-0.2, -0.15) is 0 Å². The van der Waals surface area contributed by atoms with Gasteiger partial charge in [-0.15, -0.1) is 0 Å². The number of hydrogen-bond donors (Lipinski definition) is 1. The molecule has 4 nitrogen and oxygen atoms in total. The summed E-state index contributed by atoms with van der Waals surface area (Å²) in [5.74, 6) is -0.0889. The molecule has 1 amide bonds. The quantitative estimate of drug-likeness (QED) is 0.858. The van der Waals surface area contributed by atoms with Crippen LogP contribution >= 0.6 is 0 Å². The molecule has 0 aromatic heterocycles. The number of nitrogens with one attached hydrogen (secondary N) is 1. The molecule has 0 bridgehead atoms. The molecule has 1 saturated heterocycles. The molecule has 138 valence electrons. The zero-order chi connectivity index (χ0) is 17.9. The fourth-order valence-electron chi connectivity index (χ4n) is 4.39. The van der Waals surface area contributed by atoms with Gasteiger partial charge in [-0.05, 0) is 45.0 Å². The number of benzene rings is 1. The van der Waals surface area contributed by atoms with Crippen molar-refractivity contribution in [1.29, 1.82) is 0 Å². The van der Waals surface area contributed by atoms with Gasteiger partial charge in [0.2, 0.25) is 5.91 Å². The first-order valence-corrected chi connectivity index (χ1v) is 9.41. The second kappa shape index (κ2) is 7.83.